The first-order chi connectivity index (χ1) is 24.0. The molecule has 6 fully saturated rings. The summed E-state index contributed by atoms with van der Waals surface area (Å²) in [5.41, 5.74) is 0. The molecule has 0 heterocycles. The molecule has 0 amide bonds. The fourth-order valence-electron chi connectivity index (χ4n) is 12.7. The Balaban J connectivity index is 0.977. The van der Waals surface area contributed by atoms with E-state index in [-0.39, 0.29) is 12.1 Å². The van der Waals surface area contributed by atoms with Crippen LogP contribution in [0.15, 0.2) is 0 Å². The third-order valence-electron chi connectivity index (χ3n) is 16.0. The van der Waals surface area contributed by atoms with Gasteiger partial charge in [-0.05, 0) is 183 Å². The number of carbonyl (C=O) groups is 1. The van der Waals surface area contributed by atoms with Gasteiger partial charge in [0.25, 0.3) is 0 Å². The highest BCUT2D eigenvalue weighted by Gasteiger charge is 2.40. The van der Waals surface area contributed by atoms with Crippen molar-refractivity contribution < 1.29 is 14.3 Å². The van der Waals surface area contributed by atoms with Gasteiger partial charge < -0.3 is 9.47 Å². The zero-order valence-electron chi connectivity index (χ0n) is 32.6. The lowest BCUT2D eigenvalue weighted by molar-refractivity contribution is -0.148. The van der Waals surface area contributed by atoms with E-state index in [1.165, 1.54) is 173 Å². The Labute approximate surface area is 303 Å². The minimum Gasteiger partial charge on any atom is -0.463 e. The van der Waals surface area contributed by atoms with Gasteiger partial charge in [0, 0.05) is 32.2 Å². The van der Waals surface area contributed by atoms with E-state index in [0.29, 0.717) is 6.10 Å². The van der Waals surface area contributed by atoms with Crippen molar-refractivity contribution in [1.29, 1.82) is 0 Å². The van der Waals surface area contributed by atoms with Gasteiger partial charge in [-0.2, -0.15) is 0 Å². The van der Waals surface area contributed by atoms with Crippen LogP contribution in [0.1, 0.15) is 200 Å². The van der Waals surface area contributed by atoms with Crippen LogP contribution in [0.3, 0.4) is 0 Å². The molecule has 0 spiro atoms. The average Bonchev–Trinajstić information content (AvgIpc) is 3.15. The molecule has 4 heteroatoms. The van der Waals surface area contributed by atoms with E-state index < -0.39 is 0 Å². The van der Waals surface area contributed by atoms with Crippen LogP contribution in [0.5, 0.6) is 0 Å². The van der Waals surface area contributed by atoms with Crippen molar-refractivity contribution in [2.75, 3.05) is 7.11 Å². The largest absolute Gasteiger partial charge is 0.463 e. The Morgan fingerprint density at radius 3 is 1.16 bits per heavy atom. The normalized spacial score (nSPS) is 41.0. The van der Waals surface area contributed by atoms with E-state index in [0.717, 1.165) is 72.4 Å². The smallest absolute Gasteiger partial charge is 0.302 e. The Morgan fingerprint density at radius 2 is 0.796 bits per heavy atom. The lowest BCUT2D eigenvalue weighted by atomic mass is 9.69. The zero-order chi connectivity index (χ0) is 34.0. The standard InChI is InChI=1S/C45H79NO3/c1-4-34-9-19-39(20-10-34)40-21-27-43(28-22-40)46(41-23-11-35(12-24-41)5-7-37-15-29-44(48-3)30-16-37)42-25-13-36(14-26-42)6-8-38-17-31-45(32-18-38)49-33(2)47/h34-45H,4-32H2,1-3H3. The lowest BCUT2D eigenvalue weighted by Crippen LogP contribution is -2.53. The Bertz CT molecular complexity index is 921. The molecule has 282 valence electrons. The molecular weight excluding hydrogens is 602 g/mol. The Morgan fingerprint density at radius 1 is 0.469 bits per heavy atom. The van der Waals surface area contributed by atoms with Crippen molar-refractivity contribution in [2.24, 2.45) is 41.4 Å². The van der Waals surface area contributed by atoms with E-state index in [2.05, 4.69) is 11.8 Å². The molecule has 6 saturated carbocycles. The number of carbonyl (C=O) groups excluding carboxylic acids is 1. The van der Waals surface area contributed by atoms with Gasteiger partial charge in [-0.1, -0.05) is 51.9 Å². The Hall–Kier alpha value is -0.610. The van der Waals surface area contributed by atoms with Gasteiger partial charge in [0.05, 0.1) is 6.10 Å². The van der Waals surface area contributed by atoms with Gasteiger partial charge in [0.1, 0.15) is 6.10 Å². The van der Waals surface area contributed by atoms with E-state index >= 15 is 0 Å². The van der Waals surface area contributed by atoms with Crippen LogP contribution in [0.25, 0.3) is 0 Å². The number of rotatable bonds is 13. The SMILES string of the molecule is CCC1CCC(C2CCC(N(C3CCC(CCC4CCC(OC)CC4)CC3)C3CCC(CCC4CCC(OC(C)=O)CC4)CC3)CC2)CC1. The molecule has 0 aliphatic heterocycles. The molecule has 0 N–H and O–H groups in total. The highest BCUT2D eigenvalue weighted by molar-refractivity contribution is 5.66. The topological polar surface area (TPSA) is 38.8 Å². The molecule has 0 radical (unpaired) electrons. The van der Waals surface area contributed by atoms with Gasteiger partial charge in [-0.25, -0.2) is 0 Å². The third-order valence-corrected chi connectivity index (χ3v) is 16.0. The number of ether oxygens (including phenoxy) is 2. The molecule has 6 aliphatic carbocycles. The Kier molecular flexibility index (Phi) is 15.1. The maximum atomic E-state index is 11.4. The molecule has 6 aliphatic rings. The molecular formula is C45H79NO3. The summed E-state index contributed by atoms with van der Waals surface area (Å²) in [6.07, 6.45) is 42.1. The molecule has 0 aromatic carbocycles. The monoisotopic (exact) mass is 682 g/mol. The van der Waals surface area contributed by atoms with Gasteiger partial charge in [0.2, 0.25) is 0 Å². The lowest BCUT2D eigenvalue weighted by Gasteiger charge is -2.50. The highest BCUT2D eigenvalue weighted by atomic mass is 16.5. The van der Waals surface area contributed by atoms with Crippen LogP contribution in [-0.4, -0.2) is 48.3 Å². The van der Waals surface area contributed by atoms with Crippen LogP contribution in [-0.2, 0) is 14.3 Å². The zero-order valence-corrected chi connectivity index (χ0v) is 32.6. The summed E-state index contributed by atoms with van der Waals surface area (Å²) in [6, 6.07) is 2.59. The first-order valence-electron chi connectivity index (χ1n) is 22.4. The van der Waals surface area contributed by atoms with Gasteiger partial charge in [-0.3, -0.25) is 9.69 Å². The summed E-state index contributed by atoms with van der Waals surface area (Å²) in [5.74, 6) is 6.79. The maximum absolute atomic E-state index is 11.4. The second-order valence-electron chi connectivity index (χ2n) is 18.8. The first kappa shape index (κ1) is 38.1. The minimum absolute atomic E-state index is 0.0966. The number of esters is 1. The van der Waals surface area contributed by atoms with Gasteiger partial charge >= 0.3 is 5.97 Å². The van der Waals surface area contributed by atoms with Crippen molar-refractivity contribution in [3.63, 3.8) is 0 Å². The van der Waals surface area contributed by atoms with E-state index in [1.54, 1.807) is 6.92 Å². The maximum Gasteiger partial charge on any atom is 0.302 e. The molecule has 4 nitrogen and oxygen atoms in total. The molecule has 0 atom stereocenters. The number of nitrogens with zero attached hydrogens (tertiary/aromatic N) is 1. The number of hydrogen-bond acceptors (Lipinski definition) is 4. The molecule has 0 saturated heterocycles. The predicted octanol–water partition coefficient (Wildman–Crippen LogP) is 12.1. The fourth-order valence-corrected chi connectivity index (χ4v) is 12.7. The van der Waals surface area contributed by atoms with Crippen LogP contribution < -0.4 is 0 Å². The second kappa shape index (κ2) is 19.5. The van der Waals surface area contributed by atoms with Crippen LogP contribution >= 0.6 is 0 Å². The number of methoxy groups -OCH3 is 1. The van der Waals surface area contributed by atoms with Crippen LogP contribution in [0.2, 0.25) is 0 Å². The van der Waals surface area contributed by atoms with E-state index in [4.69, 9.17) is 9.47 Å². The minimum atomic E-state index is -0.0966. The van der Waals surface area contributed by atoms with E-state index in [1.807, 2.05) is 7.11 Å². The molecule has 49 heavy (non-hydrogen) atoms. The summed E-state index contributed by atoms with van der Waals surface area (Å²) >= 11 is 0. The molecule has 6 rings (SSSR count). The molecule has 0 aromatic heterocycles. The first-order valence-corrected chi connectivity index (χ1v) is 22.4. The van der Waals surface area contributed by atoms with Crippen molar-refractivity contribution in [3.05, 3.63) is 0 Å². The molecule has 0 unspecified atom stereocenters. The van der Waals surface area contributed by atoms with Crippen LogP contribution in [0, 0.1) is 41.4 Å². The summed E-state index contributed by atoms with van der Waals surface area (Å²) in [6.45, 7) is 3.98. The van der Waals surface area contributed by atoms with Gasteiger partial charge in [0.15, 0.2) is 0 Å². The summed E-state index contributed by atoms with van der Waals surface area (Å²) < 4.78 is 11.2. The highest BCUT2D eigenvalue weighted by Crippen LogP contribution is 2.45. The van der Waals surface area contributed by atoms with E-state index in [9.17, 15) is 4.79 Å². The fraction of sp³-hybridized carbons (Fsp3) is 0.978. The summed E-state index contributed by atoms with van der Waals surface area (Å²) in [5, 5.41) is 0. The van der Waals surface area contributed by atoms with Crippen molar-refractivity contribution in [2.45, 2.75) is 230 Å². The molecule has 0 bridgehead atoms. The third kappa shape index (κ3) is 11.2. The summed E-state index contributed by atoms with van der Waals surface area (Å²) in [4.78, 5) is 14.6. The average molecular weight is 682 g/mol. The number of hydrogen-bond donors (Lipinski definition) is 0. The molecule has 0 aromatic rings. The van der Waals surface area contributed by atoms with Crippen LogP contribution in [0.4, 0.5) is 0 Å². The summed E-state index contributed by atoms with van der Waals surface area (Å²) in [7, 11) is 1.91. The van der Waals surface area contributed by atoms with Crippen molar-refractivity contribution in [1.82, 2.24) is 4.90 Å². The van der Waals surface area contributed by atoms with Gasteiger partial charge in [-0.15, -0.1) is 0 Å². The van der Waals surface area contributed by atoms with Crippen molar-refractivity contribution >= 4 is 5.97 Å². The second-order valence-corrected chi connectivity index (χ2v) is 18.8. The quantitative estimate of drug-likeness (QED) is 0.181. The van der Waals surface area contributed by atoms with Crippen molar-refractivity contribution in [3.8, 4) is 0 Å². The predicted molar refractivity (Wildman–Crippen MR) is 204 cm³/mol.